The van der Waals surface area contributed by atoms with E-state index in [1.165, 1.54) is 11.3 Å². The van der Waals surface area contributed by atoms with E-state index in [4.69, 9.17) is 4.74 Å². The lowest BCUT2D eigenvalue weighted by atomic mass is 9.87. The molecular formula is C10H15NO2S. The van der Waals surface area contributed by atoms with Crippen LogP contribution >= 0.6 is 11.3 Å². The molecule has 0 amide bonds. The molecule has 2 rings (SSSR count). The highest BCUT2D eigenvalue weighted by Gasteiger charge is 2.54. The van der Waals surface area contributed by atoms with E-state index in [0.29, 0.717) is 5.19 Å². The van der Waals surface area contributed by atoms with Crippen molar-refractivity contribution >= 4 is 11.3 Å². The highest BCUT2D eigenvalue weighted by atomic mass is 32.1. The summed E-state index contributed by atoms with van der Waals surface area (Å²) < 4.78 is 5.02. The fourth-order valence-electron chi connectivity index (χ4n) is 1.55. The van der Waals surface area contributed by atoms with Gasteiger partial charge in [0.15, 0.2) is 0 Å². The first-order valence-corrected chi connectivity index (χ1v) is 5.54. The van der Waals surface area contributed by atoms with Gasteiger partial charge in [0.25, 0.3) is 5.19 Å². The lowest BCUT2D eigenvalue weighted by molar-refractivity contribution is -0.00933. The molecule has 14 heavy (non-hydrogen) atoms. The van der Waals surface area contributed by atoms with Crippen molar-refractivity contribution in [1.82, 2.24) is 4.98 Å². The molecule has 1 atom stereocenters. The molecule has 1 unspecified atom stereocenters. The summed E-state index contributed by atoms with van der Waals surface area (Å²) in [5, 5.41) is 11.0. The van der Waals surface area contributed by atoms with E-state index in [1.807, 2.05) is 6.92 Å². The van der Waals surface area contributed by atoms with Gasteiger partial charge in [0.1, 0.15) is 5.60 Å². The Kier molecular flexibility index (Phi) is 2.08. The van der Waals surface area contributed by atoms with Gasteiger partial charge in [-0.05, 0) is 19.8 Å². The van der Waals surface area contributed by atoms with Crippen LogP contribution in [0, 0.1) is 5.41 Å². The molecule has 0 bridgehead atoms. The van der Waals surface area contributed by atoms with Crippen LogP contribution < -0.4 is 4.74 Å². The van der Waals surface area contributed by atoms with Gasteiger partial charge in [-0.2, -0.15) is 0 Å². The number of rotatable bonds is 3. The molecule has 1 saturated carbocycles. The SMILES string of the molecule is COc1ncc(C(C)(O)C2(C)CC2)s1. The first-order valence-electron chi connectivity index (χ1n) is 4.72. The second kappa shape index (κ2) is 2.94. The standard InChI is InChI=1S/C10H15NO2S/c1-9(4-5-9)10(2,12)7-6-11-8(13-3)14-7/h6,12H,4-5H2,1-3H3. The van der Waals surface area contributed by atoms with E-state index in [2.05, 4.69) is 11.9 Å². The zero-order valence-electron chi connectivity index (χ0n) is 8.70. The van der Waals surface area contributed by atoms with E-state index >= 15 is 0 Å². The molecule has 78 valence electrons. The fraction of sp³-hybridized carbons (Fsp3) is 0.700. The summed E-state index contributed by atoms with van der Waals surface area (Å²) in [6, 6.07) is 0. The van der Waals surface area contributed by atoms with Crippen LogP contribution in [0.15, 0.2) is 6.20 Å². The lowest BCUT2D eigenvalue weighted by Crippen LogP contribution is -2.30. The number of aliphatic hydroxyl groups is 1. The molecule has 4 heteroatoms. The summed E-state index contributed by atoms with van der Waals surface area (Å²) in [5.74, 6) is 0. The van der Waals surface area contributed by atoms with Crippen molar-refractivity contribution in [2.24, 2.45) is 5.41 Å². The summed E-state index contributed by atoms with van der Waals surface area (Å²) in [4.78, 5) is 4.98. The number of hydrogen-bond acceptors (Lipinski definition) is 4. The average Bonchev–Trinajstić information content (AvgIpc) is 2.73. The molecule has 1 aliphatic carbocycles. The quantitative estimate of drug-likeness (QED) is 0.836. The molecule has 1 aliphatic rings. The van der Waals surface area contributed by atoms with Crippen LogP contribution in [0.1, 0.15) is 31.6 Å². The van der Waals surface area contributed by atoms with Gasteiger partial charge in [-0.3, -0.25) is 0 Å². The zero-order valence-corrected chi connectivity index (χ0v) is 9.52. The van der Waals surface area contributed by atoms with Gasteiger partial charge in [-0.15, -0.1) is 0 Å². The smallest absolute Gasteiger partial charge is 0.273 e. The Morgan fingerprint density at radius 3 is 2.71 bits per heavy atom. The van der Waals surface area contributed by atoms with Gasteiger partial charge in [-0.1, -0.05) is 18.3 Å². The van der Waals surface area contributed by atoms with Crippen LogP contribution in [-0.2, 0) is 5.60 Å². The molecular weight excluding hydrogens is 198 g/mol. The Balaban J connectivity index is 2.29. The molecule has 1 aromatic heterocycles. The summed E-state index contributed by atoms with van der Waals surface area (Å²) in [6.07, 6.45) is 3.88. The summed E-state index contributed by atoms with van der Waals surface area (Å²) in [5.41, 5.74) is -0.730. The van der Waals surface area contributed by atoms with Gasteiger partial charge in [0, 0.05) is 11.6 Å². The van der Waals surface area contributed by atoms with Crippen molar-refractivity contribution < 1.29 is 9.84 Å². The summed E-state index contributed by atoms with van der Waals surface area (Å²) in [6.45, 7) is 3.98. The molecule has 0 aromatic carbocycles. The molecule has 0 radical (unpaired) electrons. The Bertz CT molecular complexity index is 342. The van der Waals surface area contributed by atoms with Crippen molar-refractivity contribution in [2.45, 2.75) is 32.3 Å². The summed E-state index contributed by atoms with van der Waals surface area (Å²) >= 11 is 1.42. The minimum Gasteiger partial charge on any atom is -0.473 e. The number of thiazole rings is 1. The largest absolute Gasteiger partial charge is 0.473 e. The van der Waals surface area contributed by atoms with Gasteiger partial charge < -0.3 is 9.84 Å². The van der Waals surface area contributed by atoms with Crippen molar-refractivity contribution in [3.05, 3.63) is 11.1 Å². The maximum atomic E-state index is 10.4. The average molecular weight is 213 g/mol. The molecule has 1 fully saturated rings. The monoisotopic (exact) mass is 213 g/mol. The fourth-order valence-corrected chi connectivity index (χ4v) is 2.48. The Labute approximate surface area is 87.7 Å². The van der Waals surface area contributed by atoms with E-state index in [0.717, 1.165) is 17.7 Å². The Hall–Kier alpha value is -0.610. The number of methoxy groups -OCH3 is 1. The number of hydrogen-bond donors (Lipinski definition) is 1. The van der Waals surface area contributed by atoms with Crippen LogP contribution in [-0.4, -0.2) is 17.2 Å². The van der Waals surface area contributed by atoms with Crippen LogP contribution in [0.25, 0.3) is 0 Å². The maximum Gasteiger partial charge on any atom is 0.273 e. The van der Waals surface area contributed by atoms with Crippen molar-refractivity contribution in [3.63, 3.8) is 0 Å². The number of nitrogens with zero attached hydrogens (tertiary/aromatic N) is 1. The predicted molar refractivity (Wildman–Crippen MR) is 55.6 cm³/mol. The third-order valence-electron chi connectivity index (χ3n) is 3.31. The van der Waals surface area contributed by atoms with Crippen molar-refractivity contribution in [2.75, 3.05) is 7.11 Å². The van der Waals surface area contributed by atoms with Crippen LogP contribution in [0.3, 0.4) is 0 Å². The minimum absolute atomic E-state index is 0.0323. The first-order chi connectivity index (χ1) is 6.49. The molecule has 0 saturated heterocycles. The van der Waals surface area contributed by atoms with E-state index < -0.39 is 5.60 Å². The Morgan fingerprint density at radius 2 is 2.29 bits per heavy atom. The van der Waals surface area contributed by atoms with Crippen LogP contribution in [0.4, 0.5) is 0 Å². The minimum atomic E-state index is -0.762. The second-order valence-corrected chi connectivity index (χ2v) is 5.32. The van der Waals surface area contributed by atoms with Crippen molar-refractivity contribution in [1.29, 1.82) is 0 Å². The van der Waals surface area contributed by atoms with Crippen LogP contribution in [0.5, 0.6) is 5.19 Å². The van der Waals surface area contributed by atoms with E-state index in [-0.39, 0.29) is 5.41 Å². The molecule has 1 N–H and O–H groups in total. The summed E-state index contributed by atoms with van der Waals surface area (Å²) in [7, 11) is 1.59. The van der Waals surface area contributed by atoms with E-state index in [1.54, 1.807) is 13.3 Å². The first kappa shape index (κ1) is 9.93. The van der Waals surface area contributed by atoms with Crippen molar-refractivity contribution in [3.8, 4) is 5.19 Å². The maximum absolute atomic E-state index is 10.4. The third-order valence-corrected chi connectivity index (χ3v) is 4.48. The topological polar surface area (TPSA) is 42.4 Å². The van der Waals surface area contributed by atoms with Crippen LogP contribution in [0.2, 0.25) is 0 Å². The molecule has 1 heterocycles. The molecule has 0 aliphatic heterocycles. The highest BCUT2D eigenvalue weighted by molar-refractivity contribution is 7.13. The zero-order chi connectivity index (χ0) is 10.4. The van der Waals surface area contributed by atoms with Gasteiger partial charge >= 0.3 is 0 Å². The Morgan fingerprint density at radius 1 is 1.64 bits per heavy atom. The predicted octanol–water partition coefficient (Wildman–Crippen LogP) is 2.16. The third kappa shape index (κ3) is 1.33. The highest BCUT2D eigenvalue weighted by Crippen LogP contribution is 2.58. The van der Waals surface area contributed by atoms with Gasteiger partial charge in [0.2, 0.25) is 0 Å². The second-order valence-electron chi connectivity index (χ2n) is 4.33. The van der Waals surface area contributed by atoms with E-state index in [9.17, 15) is 5.11 Å². The normalized spacial score (nSPS) is 22.9. The number of ether oxygens (including phenoxy) is 1. The molecule has 0 spiro atoms. The lowest BCUT2D eigenvalue weighted by Gasteiger charge is -2.28. The molecule has 1 aromatic rings. The molecule has 3 nitrogen and oxygen atoms in total. The number of aromatic nitrogens is 1. The van der Waals surface area contributed by atoms with Gasteiger partial charge in [0.05, 0.1) is 12.0 Å². The van der Waals surface area contributed by atoms with Gasteiger partial charge in [-0.25, -0.2) is 4.98 Å².